The molecule has 0 spiro atoms. The molecule has 8 nitrogen and oxygen atoms in total. The topological polar surface area (TPSA) is 108 Å². The van der Waals surface area contributed by atoms with Gasteiger partial charge >= 0.3 is 17.9 Å². The van der Waals surface area contributed by atoms with Crippen LogP contribution in [0.4, 0.5) is 5.69 Å². The lowest BCUT2D eigenvalue weighted by atomic mass is 10.2. The monoisotopic (exact) mass is 431 g/mol. The standard InChI is InChI=1S/C21H21NO7S/c1-4-18(24)28-15-8-6-13(12-16(15)29-19(25)5-2)7-9-17(23)22-14-10-11-30-20(14)21(26)27-3/h6-12H,4-5H2,1-3H3,(H,22,23). The van der Waals surface area contributed by atoms with Crippen LogP contribution >= 0.6 is 11.3 Å². The number of hydrogen-bond acceptors (Lipinski definition) is 8. The second kappa shape index (κ2) is 10.9. The lowest BCUT2D eigenvalue weighted by Crippen LogP contribution is -2.11. The summed E-state index contributed by atoms with van der Waals surface area (Å²) < 4.78 is 15.1. The zero-order valence-electron chi connectivity index (χ0n) is 16.7. The lowest BCUT2D eigenvalue weighted by Gasteiger charge is -2.10. The van der Waals surface area contributed by atoms with Gasteiger partial charge in [0, 0.05) is 18.9 Å². The van der Waals surface area contributed by atoms with E-state index in [4.69, 9.17) is 9.47 Å². The Morgan fingerprint density at radius 2 is 1.67 bits per heavy atom. The summed E-state index contributed by atoms with van der Waals surface area (Å²) in [7, 11) is 1.26. The molecule has 0 aliphatic carbocycles. The largest absolute Gasteiger partial charge is 0.465 e. The third-order valence-electron chi connectivity index (χ3n) is 3.71. The minimum atomic E-state index is -0.538. The average Bonchev–Trinajstić information content (AvgIpc) is 3.20. The molecule has 30 heavy (non-hydrogen) atoms. The molecule has 0 atom stereocenters. The van der Waals surface area contributed by atoms with Crippen LogP contribution in [0.15, 0.2) is 35.7 Å². The zero-order valence-corrected chi connectivity index (χ0v) is 17.5. The van der Waals surface area contributed by atoms with Crippen molar-refractivity contribution >= 4 is 46.9 Å². The molecule has 1 amide bonds. The first-order chi connectivity index (χ1) is 14.4. The molecule has 1 heterocycles. The molecule has 1 N–H and O–H groups in total. The summed E-state index contributed by atoms with van der Waals surface area (Å²) in [6.45, 7) is 3.29. The van der Waals surface area contributed by atoms with E-state index in [9.17, 15) is 19.2 Å². The number of amides is 1. The van der Waals surface area contributed by atoms with E-state index in [1.165, 1.54) is 31.4 Å². The summed E-state index contributed by atoms with van der Waals surface area (Å²) >= 11 is 1.15. The Kier molecular flexibility index (Phi) is 8.30. The highest BCUT2D eigenvalue weighted by atomic mass is 32.1. The number of rotatable bonds is 8. The van der Waals surface area contributed by atoms with E-state index in [1.807, 2.05) is 0 Å². The van der Waals surface area contributed by atoms with Crippen molar-refractivity contribution in [2.75, 3.05) is 12.4 Å². The van der Waals surface area contributed by atoms with Crippen LogP contribution in [0, 0.1) is 0 Å². The quantitative estimate of drug-likeness (QED) is 0.384. The molecule has 0 fully saturated rings. The van der Waals surface area contributed by atoms with Crippen LogP contribution in [0.5, 0.6) is 11.5 Å². The Morgan fingerprint density at radius 1 is 1.00 bits per heavy atom. The van der Waals surface area contributed by atoms with Gasteiger partial charge in [-0.2, -0.15) is 0 Å². The van der Waals surface area contributed by atoms with Crippen molar-refractivity contribution in [1.29, 1.82) is 0 Å². The zero-order chi connectivity index (χ0) is 22.1. The van der Waals surface area contributed by atoms with Crippen molar-refractivity contribution in [2.45, 2.75) is 26.7 Å². The number of carbonyl (C=O) groups is 4. The van der Waals surface area contributed by atoms with Gasteiger partial charge in [0.25, 0.3) is 0 Å². The molecule has 1 aromatic carbocycles. The summed E-state index contributed by atoms with van der Waals surface area (Å²) in [5.74, 6) is -1.77. The molecule has 0 radical (unpaired) electrons. The normalized spacial score (nSPS) is 10.5. The van der Waals surface area contributed by atoms with Crippen LogP contribution in [-0.4, -0.2) is 30.9 Å². The van der Waals surface area contributed by atoms with Gasteiger partial charge in [0.05, 0.1) is 12.8 Å². The van der Waals surface area contributed by atoms with Crippen LogP contribution in [-0.2, 0) is 19.1 Å². The molecule has 1 aromatic heterocycles. The van der Waals surface area contributed by atoms with Gasteiger partial charge in [0.15, 0.2) is 11.5 Å². The minimum absolute atomic E-state index is 0.0806. The number of ether oxygens (including phenoxy) is 3. The Balaban J connectivity index is 2.17. The van der Waals surface area contributed by atoms with E-state index in [0.29, 0.717) is 11.3 Å². The summed E-state index contributed by atoms with van der Waals surface area (Å²) in [6.07, 6.45) is 3.07. The molecule has 0 aliphatic heterocycles. The molecule has 0 aliphatic rings. The van der Waals surface area contributed by atoms with E-state index < -0.39 is 23.8 Å². The van der Waals surface area contributed by atoms with Gasteiger partial charge in [0.1, 0.15) is 4.88 Å². The Bertz CT molecular complexity index is 977. The molecule has 2 rings (SSSR count). The second-order valence-corrected chi connectivity index (χ2v) is 6.76. The third kappa shape index (κ3) is 6.28. The maximum Gasteiger partial charge on any atom is 0.350 e. The van der Waals surface area contributed by atoms with Crippen LogP contribution in [0.1, 0.15) is 41.9 Å². The number of thiophene rings is 1. The van der Waals surface area contributed by atoms with Crippen LogP contribution in [0.2, 0.25) is 0 Å². The molecule has 0 saturated heterocycles. The van der Waals surface area contributed by atoms with Crippen LogP contribution in [0.3, 0.4) is 0 Å². The number of anilines is 1. The lowest BCUT2D eigenvalue weighted by molar-refractivity contribution is -0.136. The fourth-order valence-electron chi connectivity index (χ4n) is 2.19. The van der Waals surface area contributed by atoms with Gasteiger partial charge in [0.2, 0.25) is 5.91 Å². The Morgan fingerprint density at radius 3 is 2.30 bits per heavy atom. The molecular weight excluding hydrogens is 410 g/mol. The first-order valence-corrected chi connectivity index (χ1v) is 9.96. The van der Waals surface area contributed by atoms with E-state index in [2.05, 4.69) is 10.1 Å². The predicted octanol–water partition coefficient (Wildman–Crippen LogP) is 3.82. The van der Waals surface area contributed by atoms with Crippen molar-refractivity contribution in [3.8, 4) is 11.5 Å². The number of methoxy groups -OCH3 is 1. The van der Waals surface area contributed by atoms with Gasteiger partial charge in [-0.25, -0.2) is 4.79 Å². The molecule has 9 heteroatoms. The number of benzene rings is 1. The summed E-state index contributed by atoms with van der Waals surface area (Å²) in [6, 6.07) is 6.18. The maximum atomic E-state index is 12.2. The third-order valence-corrected chi connectivity index (χ3v) is 4.61. The molecule has 0 bridgehead atoms. The second-order valence-electron chi connectivity index (χ2n) is 5.84. The average molecular weight is 431 g/mol. The van der Waals surface area contributed by atoms with Gasteiger partial charge in [-0.3, -0.25) is 14.4 Å². The van der Waals surface area contributed by atoms with Gasteiger partial charge in [-0.05, 0) is 35.2 Å². The summed E-state index contributed by atoms with van der Waals surface area (Å²) in [5.41, 5.74) is 0.889. The highest BCUT2D eigenvalue weighted by Gasteiger charge is 2.15. The smallest absolute Gasteiger partial charge is 0.350 e. The highest BCUT2D eigenvalue weighted by Crippen LogP contribution is 2.30. The van der Waals surface area contributed by atoms with E-state index in [0.717, 1.165) is 11.3 Å². The SMILES string of the molecule is CCC(=O)Oc1ccc(C=CC(=O)Nc2ccsc2C(=O)OC)cc1OC(=O)CC. The van der Waals surface area contributed by atoms with Crippen LogP contribution in [0.25, 0.3) is 6.08 Å². The molecule has 0 unspecified atom stereocenters. The molecular formula is C21H21NO7S. The van der Waals surface area contributed by atoms with Gasteiger partial charge < -0.3 is 19.5 Å². The molecule has 158 valence electrons. The van der Waals surface area contributed by atoms with Gasteiger partial charge in [-0.1, -0.05) is 19.9 Å². The van der Waals surface area contributed by atoms with Crippen molar-refractivity contribution in [1.82, 2.24) is 0 Å². The van der Waals surface area contributed by atoms with Crippen molar-refractivity contribution in [2.24, 2.45) is 0 Å². The van der Waals surface area contributed by atoms with Crippen molar-refractivity contribution in [3.05, 3.63) is 46.2 Å². The minimum Gasteiger partial charge on any atom is -0.465 e. The summed E-state index contributed by atoms with van der Waals surface area (Å²) in [5, 5.41) is 4.27. The summed E-state index contributed by atoms with van der Waals surface area (Å²) in [4.78, 5) is 47.4. The van der Waals surface area contributed by atoms with E-state index in [-0.39, 0.29) is 29.2 Å². The number of nitrogens with one attached hydrogen (secondary N) is 1. The van der Waals surface area contributed by atoms with Gasteiger partial charge in [-0.15, -0.1) is 11.3 Å². The number of hydrogen-bond donors (Lipinski definition) is 1. The van der Waals surface area contributed by atoms with Crippen molar-refractivity contribution < 1.29 is 33.4 Å². The fourth-order valence-corrected chi connectivity index (χ4v) is 2.95. The molecule has 2 aromatic rings. The highest BCUT2D eigenvalue weighted by molar-refractivity contribution is 7.12. The predicted molar refractivity (Wildman–Crippen MR) is 112 cm³/mol. The van der Waals surface area contributed by atoms with E-state index in [1.54, 1.807) is 31.4 Å². The fraction of sp³-hybridized carbons (Fsp3) is 0.238. The van der Waals surface area contributed by atoms with Crippen LogP contribution < -0.4 is 14.8 Å². The van der Waals surface area contributed by atoms with Crippen molar-refractivity contribution in [3.63, 3.8) is 0 Å². The molecule has 0 saturated carbocycles. The first-order valence-electron chi connectivity index (χ1n) is 9.08. The number of carbonyl (C=O) groups excluding carboxylic acids is 4. The Hall–Kier alpha value is -3.46. The maximum absolute atomic E-state index is 12.2. The number of esters is 3. The van der Waals surface area contributed by atoms with E-state index >= 15 is 0 Å². The first kappa shape index (κ1) is 22.8. The Labute approximate surface area is 177 Å².